The highest BCUT2D eigenvalue weighted by Gasteiger charge is 2.07. The van der Waals surface area contributed by atoms with Gasteiger partial charge in [0.1, 0.15) is 18.2 Å². The summed E-state index contributed by atoms with van der Waals surface area (Å²) in [6.07, 6.45) is 0. The molecule has 4 heteroatoms. The van der Waals surface area contributed by atoms with Gasteiger partial charge in [0.2, 0.25) is 0 Å². The molecule has 0 aliphatic rings. The number of hydrogen-bond donors (Lipinski definition) is 1. The van der Waals surface area contributed by atoms with E-state index < -0.39 is 12.7 Å². The summed E-state index contributed by atoms with van der Waals surface area (Å²) in [6.45, 7) is 1.22. The molecule has 0 amide bonds. The van der Waals surface area contributed by atoms with Crippen molar-refractivity contribution in [2.24, 2.45) is 5.73 Å². The standard InChI is InChI=1S/C7H10FNO.ClH/c1-5-2-3-7(10-5)6(9)4-8;/h2-3,6H,4,9H2,1H3;1H/t6-;/m1./s1. The number of aryl methyl sites for hydroxylation is 1. The van der Waals surface area contributed by atoms with E-state index in [2.05, 4.69) is 0 Å². The summed E-state index contributed by atoms with van der Waals surface area (Å²) in [5.41, 5.74) is 5.34. The number of nitrogens with two attached hydrogens (primary N) is 1. The first-order chi connectivity index (χ1) is 4.74. The summed E-state index contributed by atoms with van der Waals surface area (Å²) >= 11 is 0. The van der Waals surface area contributed by atoms with E-state index in [1.807, 2.05) is 0 Å². The Hall–Kier alpha value is -0.540. The molecule has 2 N–H and O–H groups in total. The predicted octanol–water partition coefficient (Wildman–Crippen LogP) is 1.98. The summed E-state index contributed by atoms with van der Waals surface area (Å²) in [4.78, 5) is 0. The number of hydrogen-bond acceptors (Lipinski definition) is 2. The minimum atomic E-state index is -0.603. The van der Waals surface area contributed by atoms with Crippen LogP contribution in [0.3, 0.4) is 0 Å². The van der Waals surface area contributed by atoms with Gasteiger partial charge in [-0.1, -0.05) is 0 Å². The molecule has 0 aromatic carbocycles. The lowest BCUT2D eigenvalue weighted by atomic mass is 10.3. The molecule has 0 radical (unpaired) electrons. The van der Waals surface area contributed by atoms with Gasteiger partial charge in [0.25, 0.3) is 0 Å². The van der Waals surface area contributed by atoms with Crippen LogP contribution >= 0.6 is 12.4 Å². The van der Waals surface area contributed by atoms with Crippen LogP contribution in [-0.4, -0.2) is 6.67 Å². The molecule has 64 valence electrons. The van der Waals surface area contributed by atoms with Crippen molar-refractivity contribution in [3.05, 3.63) is 23.7 Å². The molecule has 11 heavy (non-hydrogen) atoms. The molecule has 1 aromatic rings. The van der Waals surface area contributed by atoms with Crippen molar-refractivity contribution in [2.45, 2.75) is 13.0 Å². The molecule has 0 unspecified atom stereocenters. The van der Waals surface area contributed by atoms with Crippen LogP contribution in [0.1, 0.15) is 17.6 Å². The summed E-state index contributed by atoms with van der Waals surface area (Å²) in [6, 6.07) is 2.86. The van der Waals surface area contributed by atoms with E-state index in [1.165, 1.54) is 0 Å². The fourth-order valence-electron chi connectivity index (χ4n) is 0.729. The number of furan rings is 1. The minimum absolute atomic E-state index is 0. The van der Waals surface area contributed by atoms with Crippen LogP contribution in [0.25, 0.3) is 0 Å². The highest BCUT2D eigenvalue weighted by Crippen LogP contribution is 2.13. The Kier molecular flexibility index (Phi) is 4.15. The molecule has 1 aromatic heterocycles. The zero-order chi connectivity index (χ0) is 7.56. The monoisotopic (exact) mass is 179 g/mol. The average molecular weight is 180 g/mol. The smallest absolute Gasteiger partial charge is 0.123 e. The highest BCUT2D eigenvalue weighted by molar-refractivity contribution is 5.85. The third kappa shape index (κ3) is 2.52. The molecule has 1 rings (SSSR count). The van der Waals surface area contributed by atoms with E-state index in [0.717, 1.165) is 5.76 Å². The van der Waals surface area contributed by atoms with Crippen molar-refractivity contribution in [3.8, 4) is 0 Å². The maximum atomic E-state index is 11.9. The van der Waals surface area contributed by atoms with E-state index in [9.17, 15) is 4.39 Å². The van der Waals surface area contributed by atoms with Crippen molar-refractivity contribution in [1.82, 2.24) is 0 Å². The second kappa shape index (κ2) is 4.36. The largest absolute Gasteiger partial charge is 0.465 e. The summed E-state index contributed by atoms with van der Waals surface area (Å²) in [5.74, 6) is 1.28. The Morgan fingerprint density at radius 2 is 2.27 bits per heavy atom. The normalized spacial score (nSPS) is 12.3. The fourth-order valence-corrected chi connectivity index (χ4v) is 0.729. The quantitative estimate of drug-likeness (QED) is 0.754. The Labute approximate surface area is 71.0 Å². The van der Waals surface area contributed by atoms with Gasteiger partial charge in [-0.2, -0.15) is 0 Å². The van der Waals surface area contributed by atoms with Crippen molar-refractivity contribution in [2.75, 3.05) is 6.67 Å². The lowest BCUT2D eigenvalue weighted by molar-refractivity contribution is 0.374. The highest BCUT2D eigenvalue weighted by atomic mass is 35.5. The number of rotatable bonds is 2. The maximum absolute atomic E-state index is 11.9. The molecular formula is C7H11ClFNO. The van der Waals surface area contributed by atoms with E-state index in [4.69, 9.17) is 10.2 Å². The van der Waals surface area contributed by atoms with Gasteiger partial charge in [0.05, 0.1) is 6.04 Å². The molecule has 0 aliphatic heterocycles. The third-order valence-electron chi connectivity index (χ3n) is 1.29. The van der Waals surface area contributed by atoms with Crippen molar-refractivity contribution >= 4 is 12.4 Å². The first kappa shape index (κ1) is 10.5. The maximum Gasteiger partial charge on any atom is 0.123 e. The van der Waals surface area contributed by atoms with Crippen LogP contribution < -0.4 is 5.73 Å². The average Bonchev–Trinajstić information content (AvgIpc) is 2.34. The summed E-state index contributed by atoms with van der Waals surface area (Å²) in [7, 11) is 0. The van der Waals surface area contributed by atoms with Gasteiger partial charge in [-0.25, -0.2) is 4.39 Å². The SMILES string of the molecule is Cc1ccc([C@H](N)CF)o1.Cl. The second-order valence-electron chi connectivity index (χ2n) is 2.21. The Morgan fingerprint density at radius 3 is 2.64 bits per heavy atom. The van der Waals surface area contributed by atoms with Gasteiger partial charge in [0.15, 0.2) is 0 Å². The van der Waals surface area contributed by atoms with E-state index >= 15 is 0 Å². The fraction of sp³-hybridized carbons (Fsp3) is 0.429. The molecule has 2 nitrogen and oxygen atoms in total. The van der Waals surface area contributed by atoms with Crippen molar-refractivity contribution < 1.29 is 8.81 Å². The van der Waals surface area contributed by atoms with Gasteiger partial charge in [-0.15, -0.1) is 12.4 Å². The lowest BCUT2D eigenvalue weighted by Gasteiger charge is -2.00. The Balaban J connectivity index is 0.000001000. The van der Waals surface area contributed by atoms with Crippen molar-refractivity contribution in [1.29, 1.82) is 0 Å². The van der Waals surface area contributed by atoms with Gasteiger partial charge in [0, 0.05) is 0 Å². The summed E-state index contributed by atoms with van der Waals surface area (Å²) in [5, 5.41) is 0. The molecule has 1 atom stereocenters. The van der Waals surface area contributed by atoms with Crippen LogP contribution in [-0.2, 0) is 0 Å². The zero-order valence-electron chi connectivity index (χ0n) is 6.21. The molecule has 1 heterocycles. The molecule has 0 fully saturated rings. The van der Waals surface area contributed by atoms with Crippen LogP contribution in [0, 0.1) is 6.92 Å². The van der Waals surface area contributed by atoms with E-state index in [-0.39, 0.29) is 12.4 Å². The van der Waals surface area contributed by atoms with Gasteiger partial charge in [-0.3, -0.25) is 0 Å². The lowest BCUT2D eigenvalue weighted by Crippen LogP contribution is -2.10. The van der Waals surface area contributed by atoms with Crippen molar-refractivity contribution in [3.63, 3.8) is 0 Å². The van der Waals surface area contributed by atoms with E-state index in [1.54, 1.807) is 19.1 Å². The second-order valence-corrected chi connectivity index (χ2v) is 2.21. The molecule has 0 saturated heterocycles. The predicted molar refractivity (Wildman–Crippen MR) is 43.6 cm³/mol. The van der Waals surface area contributed by atoms with Crippen LogP contribution in [0.15, 0.2) is 16.5 Å². The summed E-state index contributed by atoms with van der Waals surface area (Å²) < 4.78 is 17.0. The number of halogens is 2. The first-order valence-corrected chi connectivity index (χ1v) is 3.12. The van der Waals surface area contributed by atoms with E-state index in [0.29, 0.717) is 5.76 Å². The molecular weight excluding hydrogens is 169 g/mol. The van der Waals surface area contributed by atoms with Gasteiger partial charge < -0.3 is 10.2 Å². The zero-order valence-corrected chi connectivity index (χ0v) is 7.03. The third-order valence-corrected chi connectivity index (χ3v) is 1.29. The Morgan fingerprint density at radius 1 is 1.64 bits per heavy atom. The minimum Gasteiger partial charge on any atom is -0.465 e. The van der Waals surface area contributed by atoms with Gasteiger partial charge in [-0.05, 0) is 19.1 Å². The Bertz CT molecular complexity index is 214. The van der Waals surface area contributed by atoms with Crippen LogP contribution in [0.5, 0.6) is 0 Å². The molecule has 0 aliphatic carbocycles. The molecule has 0 bridgehead atoms. The number of alkyl halides is 1. The van der Waals surface area contributed by atoms with Crippen LogP contribution in [0.4, 0.5) is 4.39 Å². The topological polar surface area (TPSA) is 39.2 Å². The van der Waals surface area contributed by atoms with Gasteiger partial charge >= 0.3 is 0 Å². The molecule has 0 spiro atoms. The van der Waals surface area contributed by atoms with Crippen LogP contribution in [0.2, 0.25) is 0 Å². The molecule has 0 saturated carbocycles. The first-order valence-electron chi connectivity index (χ1n) is 3.12.